The molecule has 0 spiro atoms. The van der Waals surface area contributed by atoms with Crippen molar-refractivity contribution in [1.82, 2.24) is 4.37 Å². The van der Waals surface area contributed by atoms with Crippen LogP contribution in [0.4, 0.5) is 0 Å². The second kappa shape index (κ2) is 4.98. The summed E-state index contributed by atoms with van der Waals surface area (Å²) < 4.78 is 4.96. The molecule has 0 radical (unpaired) electrons. The fraction of sp³-hybridized carbons (Fsp3) is 0.167. The summed E-state index contributed by atoms with van der Waals surface area (Å²) >= 11 is 4.64. The third kappa shape index (κ3) is 2.73. The SMILES string of the molecule is Cc1snc(C(=O)O)c1Cc1cccc(Br)c1. The Kier molecular flexibility index (Phi) is 3.59. The number of rotatable bonds is 3. The van der Waals surface area contributed by atoms with Gasteiger partial charge in [-0.3, -0.25) is 0 Å². The van der Waals surface area contributed by atoms with E-state index in [1.54, 1.807) is 0 Å². The van der Waals surface area contributed by atoms with Crippen LogP contribution in [0.1, 0.15) is 26.5 Å². The van der Waals surface area contributed by atoms with Gasteiger partial charge in [-0.15, -0.1) is 0 Å². The minimum atomic E-state index is -0.959. The predicted octanol–water partition coefficient (Wildman–Crippen LogP) is 3.50. The molecule has 2 rings (SSSR count). The maximum Gasteiger partial charge on any atom is 0.355 e. The highest BCUT2D eigenvalue weighted by atomic mass is 79.9. The van der Waals surface area contributed by atoms with E-state index in [9.17, 15) is 4.79 Å². The van der Waals surface area contributed by atoms with Crippen molar-refractivity contribution in [2.24, 2.45) is 0 Å². The first-order valence-corrected chi connectivity index (χ1v) is 6.57. The zero-order valence-electron chi connectivity index (χ0n) is 9.11. The highest BCUT2D eigenvalue weighted by Gasteiger charge is 2.17. The van der Waals surface area contributed by atoms with E-state index >= 15 is 0 Å². The predicted molar refractivity (Wildman–Crippen MR) is 70.8 cm³/mol. The van der Waals surface area contributed by atoms with Crippen LogP contribution in [-0.2, 0) is 6.42 Å². The van der Waals surface area contributed by atoms with Crippen molar-refractivity contribution in [3.05, 3.63) is 50.4 Å². The number of benzene rings is 1. The molecular weight excluding hydrogens is 302 g/mol. The minimum Gasteiger partial charge on any atom is -0.476 e. The summed E-state index contributed by atoms with van der Waals surface area (Å²) in [6.07, 6.45) is 0.601. The fourth-order valence-corrected chi connectivity index (χ4v) is 2.76. The van der Waals surface area contributed by atoms with Crippen molar-refractivity contribution in [2.75, 3.05) is 0 Å². The highest BCUT2D eigenvalue weighted by molar-refractivity contribution is 9.10. The van der Waals surface area contributed by atoms with Crippen LogP contribution in [-0.4, -0.2) is 15.4 Å². The molecule has 3 nitrogen and oxygen atoms in total. The summed E-state index contributed by atoms with van der Waals surface area (Å²) in [6.45, 7) is 1.90. The lowest BCUT2D eigenvalue weighted by Gasteiger charge is -2.02. The monoisotopic (exact) mass is 311 g/mol. The van der Waals surface area contributed by atoms with Crippen molar-refractivity contribution >= 4 is 33.4 Å². The largest absolute Gasteiger partial charge is 0.476 e. The molecule has 1 aromatic heterocycles. The van der Waals surface area contributed by atoms with Crippen molar-refractivity contribution in [3.8, 4) is 0 Å². The number of carboxylic acids is 1. The maximum atomic E-state index is 11.0. The Hall–Kier alpha value is -1.20. The molecule has 0 unspecified atom stereocenters. The molecule has 0 amide bonds. The van der Waals surface area contributed by atoms with E-state index < -0.39 is 5.97 Å². The number of hydrogen-bond acceptors (Lipinski definition) is 3. The molecule has 88 valence electrons. The molecule has 0 bridgehead atoms. The molecular formula is C12H10BrNO2S. The topological polar surface area (TPSA) is 50.2 Å². The zero-order chi connectivity index (χ0) is 12.4. The second-order valence-corrected chi connectivity index (χ2v) is 5.57. The average Bonchev–Trinajstić information content (AvgIpc) is 2.61. The molecule has 1 heterocycles. The van der Waals surface area contributed by atoms with Crippen LogP contribution < -0.4 is 0 Å². The van der Waals surface area contributed by atoms with Crippen LogP contribution in [0.5, 0.6) is 0 Å². The molecule has 5 heteroatoms. The Balaban J connectivity index is 2.36. The molecule has 0 atom stereocenters. The number of halogens is 1. The first-order chi connectivity index (χ1) is 8.08. The number of carboxylic acid groups (broad SMARTS) is 1. The molecule has 1 aromatic carbocycles. The van der Waals surface area contributed by atoms with Crippen LogP contribution in [0.3, 0.4) is 0 Å². The van der Waals surface area contributed by atoms with Gasteiger partial charge in [0.05, 0.1) is 0 Å². The molecule has 2 aromatic rings. The van der Waals surface area contributed by atoms with E-state index in [-0.39, 0.29) is 5.69 Å². The van der Waals surface area contributed by atoms with Gasteiger partial charge in [-0.25, -0.2) is 4.79 Å². The molecule has 17 heavy (non-hydrogen) atoms. The first-order valence-electron chi connectivity index (χ1n) is 5.01. The van der Waals surface area contributed by atoms with Gasteiger partial charge in [0.15, 0.2) is 5.69 Å². The van der Waals surface area contributed by atoms with Crippen molar-refractivity contribution in [2.45, 2.75) is 13.3 Å². The Bertz CT molecular complexity index is 565. The molecule has 0 saturated heterocycles. The summed E-state index contributed by atoms with van der Waals surface area (Å²) in [4.78, 5) is 12.0. The lowest BCUT2D eigenvalue weighted by molar-refractivity contribution is 0.0690. The van der Waals surface area contributed by atoms with Crippen molar-refractivity contribution < 1.29 is 9.90 Å². The van der Waals surface area contributed by atoms with Gasteiger partial charge in [-0.2, -0.15) is 4.37 Å². The molecule has 0 saturated carbocycles. The Labute approximate surface area is 111 Å². The van der Waals surface area contributed by atoms with Crippen LogP contribution >= 0.6 is 27.5 Å². The van der Waals surface area contributed by atoms with Gasteiger partial charge < -0.3 is 5.11 Å². The van der Waals surface area contributed by atoms with Crippen LogP contribution in [0, 0.1) is 6.92 Å². The Morgan fingerprint density at radius 3 is 2.94 bits per heavy atom. The zero-order valence-corrected chi connectivity index (χ0v) is 11.5. The van der Waals surface area contributed by atoms with E-state index in [1.165, 1.54) is 11.5 Å². The van der Waals surface area contributed by atoms with E-state index in [0.717, 1.165) is 20.5 Å². The van der Waals surface area contributed by atoms with E-state index in [4.69, 9.17) is 5.11 Å². The Morgan fingerprint density at radius 2 is 2.29 bits per heavy atom. The molecule has 0 fully saturated rings. The highest BCUT2D eigenvalue weighted by Crippen LogP contribution is 2.23. The second-order valence-electron chi connectivity index (χ2n) is 3.68. The number of hydrogen-bond donors (Lipinski definition) is 1. The van der Waals surface area contributed by atoms with Gasteiger partial charge in [-0.1, -0.05) is 28.1 Å². The standard InChI is InChI=1S/C12H10BrNO2S/c1-7-10(11(12(15)16)14-17-7)6-8-3-2-4-9(13)5-8/h2-5H,6H2,1H3,(H,15,16). The third-order valence-corrected chi connectivity index (χ3v) is 3.74. The third-order valence-electron chi connectivity index (χ3n) is 2.46. The van der Waals surface area contributed by atoms with E-state index in [2.05, 4.69) is 20.3 Å². The lowest BCUT2D eigenvalue weighted by atomic mass is 10.0. The molecule has 0 aliphatic carbocycles. The van der Waals surface area contributed by atoms with Gasteiger partial charge in [0, 0.05) is 21.3 Å². The number of aryl methyl sites for hydroxylation is 1. The van der Waals surface area contributed by atoms with E-state index in [0.29, 0.717) is 6.42 Å². The van der Waals surface area contributed by atoms with Gasteiger partial charge in [0.25, 0.3) is 0 Å². The molecule has 0 aliphatic heterocycles. The van der Waals surface area contributed by atoms with Crippen LogP contribution in [0.25, 0.3) is 0 Å². The van der Waals surface area contributed by atoms with Gasteiger partial charge in [0.2, 0.25) is 0 Å². The molecule has 1 N–H and O–H groups in total. The van der Waals surface area contributed by atoms with Crippen LogP contribution in [0.2, 0.25) is 0 Å². The number of aromatic nitrogens is 1. The smallest absolute Gasteiger partial charge is 0.355 e. The number of carbonyl (C=O) groups is 1. The summed E-state index contributed by atoms with van der Waals surface area (Å²) in [5.74, 6) is -0.959. The minimum absolute atomic E-state index is 0.174. The average molecular weight is 312 g/mol. The summed E-state index contributed by atoms with van der Waals surface area (Å²) in [7, 11) is 0. The summed E-state index contributed by atoms with van der Waals surface area (Å²) in [5, 5.41) is 9.05. The fourth-order valence-electron chi connectivity index (χ4n) is 1.62. The quantitative estimate of drug-likeness (QED) is 0.943. The van der Waals surface area contributed by atoms with Crippen molar-refractivity contribution in [1.29, 1.82) is 0 Å². The number of nitrogens with zero attached hydrogens (tertiary/aromatic N) is 1. The normalized spacial score (nSPS) is 10.5. The van der Waals surface area contributed by atoms with Crippen molar-refractivity contribution in [3.63, 3.8) is 0 Å². The Morgan fingerprint density at radius 1 is 1.53 bits per heavy atom. The van der Waals surface area contributed by atoms with Gasteiger partial charge >= 0.3 is 5.97 Å². The van der Waals surface area contributed by atoms with E-state index in [1.807, 2.05) is 31.2 Å². The summed E-state index contributed by atoms with van der Waals surface area (Å²) in [5.41, 5.74) is 2.05. The van der Waals surface area contributed by atoms with Gasteiger partial charge in [-0.05, 0) is 36.2 Å². The first kappa shape index (κ1) is 12.3. The molecule has 0 aliphatic rings. The maximum absolute atomic E-state index is 11.0. The summed E-state index contributed by atoms with van der Waals surface area (Å²) in [6, 6.07) is 7.85. The van der Waals surface area contributed by atoms with Crippen LogP contribution in [0.15, 0.2) is 28.7 Å². The number of aromatic carboxylic acids is 1. The van der Waals surface area contributed by atoms with Gasteiger partial charge in [0.1, 0.15) is 0 Å². The lowest BCUT2D eigenvalue weighted by Crippen LogP contribution is -2.02.